The number of aliphatic carboxylic acids is 1. The van der Waals surface area contributed by atoms with Crippen LogP contribution in [0.3, 0.4) is 0 Å². The van der Waals surface area contributed by atoms with Crippen molar-refractivity contribution in [3.8, 4) is 10.7 Å². The molecule has 2 aromatic heterocycles. The predicted octanol–water partition coefficient (Wildman–Crippen LogP) is 2.76. The van der Waals surface area contributed by atoms with E-state index in [1.165, 1.54) is 11.3 Å². The molecule has 0 aliphatic carbocycles. The second kappa shape index (κ2) is 4.86. The second-order valence-corrected chi connectivity index (χ2v) is 5.36. The van der Waals surface area contributed by atoms with Crippen LogP contribution >= 0.6 is 11.3 Å². The van der Waals surface area contributed by atoms with Gasteiger partial charge in [-0.2, -0.15) is 0 Å². The molecule has 2 aromatic rings. The van der Waals surface area contributed by atoms with Crippen molar-refractivity contribution >= 4 is 17.3 Å². The van der Waals surface area contributed by atoms with Gasteiger partial charge in [0.2, 0.25) is 0 Å². The quantitative estimate of drug-likeness (QED) is 0.923. The minimum atomic E-state index is -0.832. The lowest BCUT2D eigenvalue weighted by Gasteiger charge is -2.01. The summed E-state index contributed by atoms with van der Waals surface area (Å²) in [5.74, 6) is -0.832. The number of pyridine rings is 1. The fraction of sp³-hybridized carbons (Fsp3) is 0.308. The zero-order chi connectivity index (χ0) is 13.3. The molecule has 0 unspecified atom stereocenters. The molecule has 0 bridgehead atoms. The maximum absolute atomic E-state index is 10.7. The first-order chi connectivity index (χ1) is 8.47. The van der Waals surface area contributed by atoms with Crippen molar-refractivity contribution in [2.75, 3.05) is 0 Å². The van der Waals surface area contributed by atoms with E-state index in [9.17, 15) is 4.79 Å². The normalized spacial score (nSPS) is 10.6. The predicted molar refractivity (Wildman–Crippen MR) is 70.9 cm³/mol. The van der Waals surface area contributed by atoms with Gasteiger partial charge in [-0.25, -0.2) is 4.98 Å². The number of nitrogens with zero attached hydrogens (tertiary/aromatic N) is 2. The summed E-state index contributed by atoms with van der Waals surface area (Å²) < 4.78 is 0. The first-order valence-electron chi connectivity index (χ1n) is 5.59. The van der Waals surface area contributed by atoms with E-state index in [-0.39, 0.29) is 6.42 Å². The van der Waals surface area contributed by atoms with Crippen LogP contribution in [0.4, 0.5) is 0 Å². The first kappa shape index (κ1) is 12.7. The Morgan fingerprint density at radius 1 is 1.39 bits per heavy atom. The number of carboxylic acid groups (broad SMARTS) is 1. The van der Waals surface area contributed by atoms with Gasteiger partial charge in [-0.1, -0.05) is 6.07 Å². The van der Waals surface area contributed by atoms with Gasteiger partial charge in [-0.15, -0.1) is 11.3 Å². The molecule has 0 aromatic carbocycles. The van der Waals surface area contributed by atoms with Gasteiger partial charge in [-0.3, -0.25) is 9.78 Å². The van der Waals surface area contributed by atoms with Crippen LogP contribution in [-0.4, -0.2) is 21.0 Å². The molecule has 0 saturated heterocycles. The Balaban J connectivity index is 2.42. The number of thiazole rings is 1. The van der Waals surface area contributed by atoms with E-state index >= 15 is 0 Å². The molecule has 0 radical (unpaired) electrons. The van der Waals surface area contributed by atoms with E-state index < -0.39 is 5.97 Å². The third-order valence-electron chi connectivity index (χ3n) is 2.62. The first-order valence-corrected chi connectivity index (χ1v) is 6.40. The van der Waals surface area contributed by atoms with Crippen LogP contribution in [-0.2, 0) is 11.2 Å². The molecule has 18 heavy (non-hydrogen) atoms. The van der Waals surface area contributed by atoms with E-state index in [4.69, 9.17) is 5.11 Å². The van der Waals surface area contributed by atoms with E-state index in [1.807, 2.05) is 20.8 Å². The number of aromatic nitrogens is 2. The van der Waals surface area contributed by atoms with E-state index in [0.717, 1.165) is 32.4 Å². The molecule has 0 spiro atoms. The van der Waals surface area contributed by atoms with Crippen LogP contribution in [0.25, 0.3) is 10.7 Å². The number of carboxylic acids is 1. The van der Waals surface area contributed by atoms with E-state index in [1.54, 1.807) is 6.20 Å². The summed E-state index contributed by atoms with van der Waals surface area (Å²) in [5, 5.41) is 9.62. The Morgan fingerprint density at radius 3 is 2.72 bits per heavy atom. The number of hydrogen-bond acceptors (Lipinski definition) is 4. The summed E-state index contributed by atoms with van der Waals surface area (Å²) in [6.07, 6.45) is 1.82. The van der Waals surface area contributed by atoms with Crippen molar-refractivity contribution in [2.24, 2.45) is 0 Å². The Bertz CT molecular complexity index is 605. The van der Waals surface area contributed by atoms with Crippen molar-refractivity contribution in [3.05, 3.63) is 34.0 Å². The molecule has 2 heterocycles. The highest BCUT2D eigenvalue weighted by molar-refractivity contribution is 7.15. The summed E-state index contributed by atoms with van der Waals surface area (Å²) in [6.45, 7) is 5.82. The maximum atomic E-state index is 10.7. The molecule has 0 aliphatic heterocycles. The molecule has 0 atom stereocenters. The smallest absolute Gasteiger partial charge is 0.308 e. The van der Waals surface area contributed by atoms with Gasteiger partial charge >= 0.3 is 5.97 Å². The Labute approximate surface area is 109 Å². The molecule has 0 amide bonds. The number of aryl methyl sites for hydroxylation is 3. The average molecular weight is 262 g/mol. The van der Waals surface area contributed by atoms with Crippen LogP contribution in [0.5, 0.6) is 0 Å². The summed E-state index contributed by atoms with van der Waals surface area (Å²) in [5.41, 5.74) is 3.78. The SMILES string of the molecule is Cc1cnc(-c2nc(C)c(CC(=O)O)s2)c(C)c1. The van der Waals surface area contributed by atoms with Crippen molar-refractivity contribution in [2.45, 2.75) is 27.2 Å². The van der Waals surface area contributed by atoms with Crippen molar-refractivity contribution in [1.82, 2.24) is 9.97 Å². The van der Waals surface area contributed by atoms with Crippen molar-refractivity contribution < 1.29 is 9.90 Å². The Kier molecular flexibility index (Phi) is 3.43. The molecule has 2 rings (SSSR count). The Hall–Kier alpha value is -1.75. The van der Waals surface area contributed by atoms with E-state index in [0.29, 0.717) is 0 Å². The zero-order valence-electron chi connectivity index (χ0n) is 10.5. The molecule has 94 valence electrons. The van der Waals surface area contributed by atoms with Gasteiger partial charge in [0.25, 0.3) is 0 Å². The Morgan fingerprint density at radius 2 is 2.11 bits per heavy atom. The highest BCUT2D eigenvalue weighted by atomic mass is 32.1. The number of rotatable bonds is 3. The van der Waals surface area contributed by atoms with Gasteiger partial charge < -0.3 is 5.11 Å². The van der Waals surface area contributed by atoms with Gasteiger partial charge in [0, 0.05) is 11.1 Å². The molecule has 0 saturated carbocycles. The fourth-order valence-corrected chi connectivity index (χ4v) is 2.89. The third-order valence-corrected chi connectivity index (χ3v) is 3.79. The molecule has 1 N–H and O–H groups in total. The van der Waals surface area contributed by atoms with E-state index in [2.05, 4.69) is 16.0 Å². The van der Waals surface area contributed by atoms with Gasteiger partial charge in [0.1, 0.15) is 10.7 Å². The lowest BCUT2D eigenvalue weighted by molar-refractivity contribution is -0.136. The zero-order valence-corrected chi connectivity index (χ0v) is 11.3. The molecule has 5 heteroatoms. The maximum Gasteiger partial charge on any atom is 0.308 e. The summed E-state index contributed by atoms with van der Waals surface area (Å²) in [7, 11) is 0. The average Bonchev–Trinajstić information content (AvgIpc) is 2.59. The standard InChI is InChI=1S/C13H14N2O2S/c1-7-4-8(2)12(14-6-7)13-15-9(3)10(18-13)5-11(16)17/h4,6H,5H2,1-3H3,(H,16,17). The highest BCUT2D eigenvalue weighted by Gasteiger charge is 2.14. The van der Waals surface area contributed by atoms with Crippen molar-refractivity contribution in [3.63, 3.8) is 0 Å². The van der Waals surface area contributed by atoms with Crippen molar-refractivity contribution in [1.29, 1.82) is 0 Å². The van der Waals surface area contributed by atoms with Gasteiger partial charge in [0.15, 0.2) is 0 Å². The van der Waals surface area contributed by atoms with Crippen LogP contribution in [0, 0.1) is 20.8 Å². The summed E-state index contributed by atoms with van der Waals surface area (Å²) in [4.78, 5) is 20.3. The molecular formula is C13H14N2O2S. The van der Waals surface area contributed by atoms with Crippen LogP contribution in [0.1, 0.15) is 21.7 Å². The fourth-order valence-electron chi connectivity index (χ4n) is 1.77. The van der Waals surface area contributed by atoms with Gasteiger partial charge in [0.05, 0.1) is 12.1 Å². The second-order valence-electron chi connectivity index (χ2n) is 4.28. The number of carbonyl (C=O) groups is 1. The van der Waals surface area contributed by atoms with Crippen LogP contribution < -0.4 is 0 Å². The summed E-state index contributed by atoms with van der Waals surface area (Å²) >= 11 is 1.41. The third kappa shape index (κ3) is 2.56. The number of hydrogen-bond donors (Lipinski definition) is 1. The minimum absolute atomic E-state index is 0.0222. The highest BCUT2D eigenvalue weighted by Crippen LogP contribution is 2.29. The summed E-state index contributed by atoms with van der Waals surface area (Å²) in [6, 6.07) is 2.05. The molecule has 0 aliphatic rings. The minimum Gasteiger partial charge on any atom is -0.481 e. The van der Waals surface area contributed by atoms with Gasteiger partial charge in [-0.05, 0) is 31.9 Å². The molecule has 0 fully saturated rings. The lowest BCUT2D eigenvalue weighted by atomic mass is 10.2. The largest absolute Gasteiger partial charge is 0.481 e. The van der Waals surface area contributed by atoms with Crippen LogP contribution in [0.15, 0.2) is 12.3 Å². The molecule has 4 nitrogen and oxygen atoms in total. The monoisotopic (exact) mass is 262 g/mol. The molecular weight excluding hydrogens is 248 g/mol. The van der Waals surface area contributed by atoms with Crippen LogP contribution in [0.2, 0.25) is 0 Å². The lowest BCUT2D eigenvalue weighted by Crippen LogP contribution is -1.99. The topological polar surface area (TPSA) is 63.1 Å².